The lowest BCUT2D eigenvalue weighted by Crippen LogP contribution is -1.84. The highest BCUT2D eigenvalue weighted by Gasteiger charge is 2.11. The molecule has 0 aliphatic carbocycles. The maximum atomic E-state index is 5.44. The van der Waals surface area contributed by atoms with Gasteiger partial charge in [0.25, 0.3) is 5.89 Å². The number of aromatic nitrogens is 2. The fourth-order valence-corrected chi connectivity index (χ4v) is 2.64. The average Bonchev–Trinajstić information content (AvgIpc) is 3.11. The molecule has 0 radical (unpaired) electrons. The van der Waals surface area contributed by atoms with Crippen LogP contribution in [0.25, 0.3) is 33.6 Å². The minimum Gasteiger partial charge on any atom is -0.497 e. The second-order valence-electron chi connectivity index (χ2n) is 5.72. The van der Waals surface area contributed by atoms with Gasteiger partial charge in [0.05, 0.1) is 7.11 Å². The Morgan fingerprint density at radius 1 is 0.833 bits per heavy atom. The Bertz CT molecular complexity index is 1000. The van der Waals surface area contributed by atoms with Crippen LogP contribution < -0.4 is 4.74 Å². The number of methoxy groups -OCH3 is 1. The molecule has 1 heterocycles. The zero-order chi connectivity index (χ0) is 16.5. The van der Waals surface area contributed by atoms with Crippen molar-refractivity contribution >= 4 is 10.8 Å². The lowest BCUT2D eigenvalue weighted by Gasteiger charge is -2.03. The van der Waals surface area contributed by atoms with Crippen molar-refractivity contribution in [2.45, 2.75) is 6.92 Å². The maximum Gasteiger partial charge on any atom is 0.258 e. The molecule has 0 N–H and O–H groups in total. The van der Waals surface area contributed by atoms with Crippen LogP contribution in [0.15, 0.2) is 65.2 Å². The first-order chi connectivity index (χ1) is 11.7. The highest BCUT2D eigenvalue weighted by molar-refractivity contribution is 5.87. The predicted octanol–water partition coefficient (Wildman–Crippen LogP) is 4.87. The van der Waals surface area contributed by atoms with Gasteiger partial charge in [-0.1, -0.05) is 47.1 Å². The van der Waals surface area contributed by atoms with Crippen molar-refractivity contribution in [3.63, 3.8) is 0 Å². The molecule has 0 unspecified atom stereocenters. The fraction of sp³-hybridized carbons (Fsp3) is 0.100. The second-order valence-corrected chi connectivity index (χ2v) is 5.72. The van der Waals surface area contributed by atoms with Gasteiger partial charge in [0.1, 0.15) is 5.75 Å². The molecule has 0 saturated carbocycles. The molecule has 0 aliphatic heterocycles. The molecule has 0 aliphatic rings. The molecule has 0 amide bonds. The summed E-state index contributed by atoms with van der Waals surface area (Å²) in [6.07, 6.45) is 0. The SMILES string of the molecule is COc1ccc2cc(-c3nc(-c4ccc(C)cc4)no3)ccc2c1. The summed E-state index contributed by atoms with van der Waals surface area (Å²) in [5, 5.41) is 6.30. The Morgan fingerprint density at radius 2 is 1.54 bits per heavy atom. The van der Waals surface area contributed by atoms with Crippen LogP contribution in [0.5, 0.6) is 5.75 Å². The summed E-state index contributed by atoms with van der Waals surface area (Å²) in [5.41, 5.74) is 3.05. The molecule has 0 fully saturated rings. The Kier molecular flexibility index (Phi) is 3.50. The van der Waals surface area contributed by atoms with Crippen LogP contribution in [-0.4, -0.2) is 17.3 Å². The molecule has 4 nitrogen and oxygen atoms in total. The summed E-state index contributed by atoms with van der Waals surface area (Å²) in [4.78, 5) is 4.52. The van der Waals surface area contributed by atoms with Crippen LogP contribution >= 0.6 is 0 Å². The summed E-state index contributed by atoms with van der Waals surface area (Å²) in [6, 6.07) is 20.1. The van der Waals surface area contributed by atoms with Crippen molar-refractivity contribution in [3.8, 4) is 28.6 Å². The third-order valence-corrected chi connectivity index (χ3v) is 4.03. The van der Waals surface area contributed by atoms with Gasteiger partial charge in [-0.25, -0.2) is 0 Å². The topological polar surface area (TPSA) is 48.2 Å². The molecule has 0 spiro atoms. The highest BCUT2D eigenvalue weighted by Crippen LogP contribution is 2.27. The molecule has 118 valence electrons. The van der Waals surface area contributed by atoms with Gasteiger partial charge in [-0.2, -0.15) is 4.98 Å². The van der Waals surface area contributed by atoms with E-state index in [1.54, 1.807) is 7.11 Å². The lowest BCUT2D eigenvalue weighted by atomic mass is 10.1. The van der Waals surface area contributed by atoms with E-state index in [1.807, 2.05) is 60.7 Å². The fourth-order valence-electron chi connectivity index (χ4n) is 2.64. The number of ether oxygens (including phenoxy) is 1. The van der Waals surface area contributed by atoms with E-state index in [2.05, 4.69) is 17.1 Å². The predicted molar refractivity (Wildman–Crippen MR) is 94.0 cm³/mol. The van der Waals surface area contributed by atoms with Crippen molar-refractivity contribution in [1.29, 1.82) is 0 Å². The Labute approximate surface area is 139 Å². The van der Waals surface area contributed by atoms with Gasteiger partial charge < -0.3 is 9.26 Å². The van der Waals surface area contributed by atoms with Crippen molar-refractivity contribution in [3.05, 3.63) is 66.2 Å². The first kappa shape index (κ1) is 14.5. The normalized spacial score (nSPS) is 10.9. The van der Waals surface area contributed by atoms with Gasteiger partial charge in [0.2, 0.25) is 5.82 Å². The molecule has 1 aromatic heterocycles. The lowest BCUT2D eigenvalue weighted by molar-refractivity contribution is 0.415. The van der Waals surface area contributed by atoms with Gasteiger partial charge in [0.15, 0.2) is 0 Å². The number of hydrogen-bond donors (Lipinski definition) is 0. The van der Waals surface area contributed by atoms with Gasteiger partial charge in [-0.15, -0.1) is 0 Å². The molecule has 4 rings (SSSR count). The summed E-state index contributed by atoms with van der Waals surface area (Å²) in [7, 11) is 1.67. The first-order valence-electron chi connectivity index (χ1n) is 7.72. The zero-order valence-corrected chi connectivity index (χ0v) is 13.5. The average molecular weight is 316 g/mol. The molecular weight excluding hydrogens is 300 g/mol. The Balaban J connectivity index is 1.71. The van der Waals surface area contributed by atoms with Crippen molar-refractivity contribution in [2.75, 3.05) is 7.11 Å². The monoisotopic (exact) mass is 316 g/mol. The number of fused-ring (bicyclic) bond motifs is 1. The van der Waals surface area contributed by atoms with Crippen molar-refractivity contribution < 1.29 is 9.26 Å². The molecule has 0 atom stereocenters. The van der Waals surface area contributed by atoms with E-state index in [1.165, 1.54) is 5.56 Å². The van der Waals surface area contributed by atoms with Gasteiger partial charge >= 0.3 is 0 Å². The third kappa shape index (κ3) is 2.63. The van der Waals surface area contributed by atoms with Crippen LogP contribution in [0.2, 0.25) is 0 Å². The van der Waals surface area contributed by atoms with E-state index in [-0.39, 0.29) is 0 Å². The summed E-state index contributed by atoms with van der Waals surface area (Å²) in [5.74, 6) is 1.96. The number of benzene rings is 3. The van der Waals surface area contributed by atoms with Crippen molar-refractivity contribution in [1.82, 2.24) is 10.1 Å². The van der Waals surface area contributed by atoms with E-state index >= 15 is 0 Å². The van der Waals surface area contributed by atoms with Crippen LogP contribution in [0, 0.1) is 6.92 Å². The van der Waals surface area contributed by atoms with E-state index in [4.69, 9.17) is 9.26 Å². The van der Waals surface area contributed by atoms with Gasteiger partial charge in [-0.05, 0) is 42.0 Å². The van der Waals surface area contributed by atoms with Crippen LogP contribution in [0.1, 0.15) is 5.56 Å². The highest BCUT2D eigenvalue weighted by atomic mass is 16.5. The quantitative estimate of drug-likeness (QED) is 0.541. The Hall–Kier alpha value is -3.14. The standard InChI is InChI=1S/C20H16N2O2/c1-13-3-5-14(6-4-13)19-21-20(24-22-19)17-8-7-16-12-18(23-2)10-9-15(16)11-17/h3-12H,1-2H3. The molecule has 24 heavy (non-hydrogen) atoms. The number of rotatable bonds is 3. The smallest absolute Gasteiger partial charge is 0.258 e. The van der Waals surface area contributed by atoms with E-state index in [9.17, 15) is 0 Å². The summed E-state index contributed by atoms with van der Waals surface area (Å²) < 4.78 is 10.7. The number of hydrogen-bond acceptors (Lipinski definition) is 4. The minimum absolute atomic E-state index is 0.517. The minimum atomic E-state index is 0.517. The van der Waals surface area contributed by atoms with Gasteiger partial charge in [0, 0.05) is 11.1 Å². The van der Waals surface area contributed by atoms with Crippen molar-refractivity contribution in [2.24, 2.45) is 0 Å². The molecular formula is C20H16N2O2. The summed E-state index contributed by atoms with van der Waals surface area (Å²) >= 11 is 0. The van der Waals surface area contributed by atoms with Crippen LogP contribution in [0.4, 0.5) is 0 Å². The molecule has 0 saturated heterocycles. The largest absolute Gasteiger partial charge is 0.497 e. The van der Waals surface area contributed by atoms with E-state index in [0.29, 0.717) is 11.7 Å². The van der Waals surface area contributed by atoms with E-state index < -0.39 is 0 Å². The molecule has 0 bridgehead atoms. The van der Waals surface area contributed by atoms with Gasteiger partial charge in [-0.3, -0.25) is 0 Å². The molecule has 4 heteroatoms. The summed E-state index contributed by atoms with van der Waals surface area (Å²) in [6.45, 7) is 2.05. The maximum absolute atomic E-state index is 5.44. The zero-order valence-electron chi connectivity index (χ0n) is 13.5. The molecule has 4 aromatic rings. The number of nitrogens with zero attached hydrogens (tertiary/aromatic N) is 2. The Morgan fingerprint density at radius 3 is 2.33 bits per heavy atom. The third-order valence-electron chi connectivity index (χ3n) is 4.03. The molecule has 3 aromatic carbocycles. The number of aryl methyl sites for hydroxylation is 1. The first-order valence-corrected chi connectivity index (χ1v) is 7.72. The second kappa shape index (κ2) is 5.81. The van der Waals surface area contributed by atoms with Crippen LogP contribution in [0.3, 0.4) is 0 Å². The van der Waals surface area contributed by atoms with E-state index in [0.717, 1.165) is 27.6 Å². The van der Waals surface area contributed by atoms with Crippen LogP contribution in [-0.2, 0) is 0 Å².